The Hall–Kier alpha value is -4.00. The van der Waals surface area contributed by atoms with Gasteiger partial charge < -0.3 is 19.2 Å². The fourth-order valence-corrected chi connectivity index (χ4v) is 3.54. The van der Waals surface area contributed by atoms with Gasteiger partial charge in [0.25, 0.3) is 5.91 Å². The van der Waals surface area contributed by atoms with E-state index >= 15 is 0 Å². The molecule has 0 saturated carbocycles. The first-order valence-corrected chi connectivity index (χ1v) is 10.7. The molecule has 4 aromatic rings. The number of aromatic nitrogens is 2. The zero-order chi connectivity index (χ0) is 23.4. The molecule has 0 aliphatic heterocycles. The van der Waals surface area contributed by atoms with Gasteiger partial charge in [-0.05, 0) is 74.7 Å². The summed E-state index contributed by atoms with van der Waals surface area (Å²) >= 11 is 0. The third-order valence-corrected chi connectivity index (χ3v) is 5.04. The van der Waals surface area contributed by atoms with Crippen molar-refractivity contribution >= 4 is 11.6 Å². The van der Waals surface area contributed by atoms with E-state index in [9.17, 15) is 4.79 Å². The number of nitrogens with one attached hydrogen (secondary N) is 1. The Morgan fingerprint density at radius 3 is 2.52 bits per heavy atom. The molecule has 0 aliphatic rings. The lowest BCUT2D eigenvalue weighted by Crippen LogP contribution is -2.10. The lowest BCUT2D eigenvalue weighted by Gasteiger charge is -2.09. The van der Waals surface area contributed by atoms with Crippen LogP contribution in [0, 0.1) is 27.7 Å². The van der Waals surface area contributed by atoms with Gasteiger partial charge >= 0.3 is 0 Å². The van der Waals surface area contributed by atoms with Crippen LogP contribution in [0.15, 0.2) is 65.3 Å². The van der Waals surface area contributed by atoms with E-state index in [4.69, 9.17) is 13.9 Å². The molecule has 0 fully saturated rings. The zero-order valence-electron chi connectivity index (χ0n) is 19.2. The minimum atomic E-state index is -0.359. The summed E-state index contributed by atoms with van der Waals surface area (Å²) in [5, 5.41) is 7.02. The maximum atomic E-state index is 12.5. The number of ether oxygens (including phenoxy) is 2. The van der Waals surface area contributed by atoms with E-state index in [1.54, 1.807) is 29.2 Å². The van der Waals surface area contributed by atoms with Gasteiger partial charge in [-0.25, -0.2) is 4.68 Å². The van der Waals surface area contributed by atoms with Crippen molar-refractivity contribution < 1.29 is 18.7 Å². The lowest BCUT2D eigenvalue weighted by atomic mass is 10.1. The Kier molecular flexibility index (Phi) is 6.49. The lowest BCUT2D eigenvalue weighted by molar-refractivity contribution is 0.0992. The molecule has 33 heavy (non-hydrogen) atoms. The van der Waals surface area contributed by atoms with Gasteiger partial charge in [0.2, 0.25) is 0 Å². The topological polar surface area (TPSA) is 78.5 Å². The molecule has 0 atom stereocenters. The Labute approximate surface area is 192 Å². The highest BCUT2D eigenvalue weighted by Gasteiger charge is 2.13. The fourth-order valence-electron chi connectivity index (χ4n) is 3.54. The van der Waals surface area contributed by atoms with Gasteiger partial charge in [0.15, 0.2) is 12.5 Å². The number of nitrogens with zero attached hydrogens (tertiary/aromatic N) is 2. The molecule has 0 spiro atoms. The SMILES string of the molecule is Cc1cc(C)cc(OCc2ccc(C(=O)Nc3cnn(COc4ccc(C)cc4C)c3)o2)c1. The summed E-state index contributed by atoms with van der Waals surface area (Å²) in [5.41, 5.74) is 5.05. The summed E-state index contributed by atoms with van der Waals surface area (Å²) in [6.45, 7) is 8.56. The van der Waals surface area contributed by atoms with Crippen LogP contribution in [-0.2, 0) is 13.3 Å². The smallest absolute Gasteiger partial charge is 0.291 e. The number of carbonyl (C=O) groups is 1. The van der Waals surface area contributed by atoms with Gasteiger partial charge in [-0.1, -0.05) is 23.8 Å². The third kappa shape index (κ3) is 5.83. The van der Waals surface area contributed by atoms with Crippen molar-refractivity contribution in [2.75, 3.05) is 5.32 Å². The third-order valence-electron chi connectivity index (χ3n) is 5.04. The molecule has 2 aromatic heterocycles. The van der Waals surface area contributed by atoms with Crippen molar-refractivity contribution in [2.24, 2.45) is 0 Å². The van der Waals surface area contributed by atoms with Gasteiger partial charge in [0.05, 0.1) is 18.1 Å². The van der Waals surface area contributed by atoms with Crippen LogP contribution < -0.4 is 14.8 Å². The summed E-state index contributed by atoms with van der Waals surface area (Å²) in [6, 6.07) is 15.4. The molecule has 0 saturated heterocycles. The van der Waals surface area contributed by atoms with E-state index in [0.717, 1.165) is 28.2 Å². The molecule has 170 valence electrons. The first-order valence-electron chi connectivity index (χ1n) is 10.7. The summed E-state index contributed by atoms with van der Waals surface area (Å²) in [5.74, 6) is 1.98. The maximum absolute atomic E-state index is 12.5. The number of rotatable bonds is 8. The zero-order valence-corrected chi connectivity index (χ0v) is 19.2. The number of hydrogen-bond donors (Lipinski definition) is 1. The van der Waals surface area contributed by atoms with Gasteiger partial charge in [0.1, 0.15) is 23.9 Å². The van der Waals surface area contributed by atoms with Crippen molar-refractivity contribution in [1.82, 2.24) is 9.78 Å². The van der Waals surface area contributed by atoms with E-state index in [1.165, 1.54) is 5.56 Å². The Morgan fingerprint density at radius 2 is 1.76 bits per heavy atom. The van der Waals surface area contributed by atoms with Crippen molar-refractivity contribution in [1.29, 1.82) is 0 Å². The van der Waals surface area contributed by atoms with Crippen molar-refractivity contribution in [3.05, 3.63) is 94.7 Å². The van der Waals surface area contributed by atoms with E-state index in [1.807, 2.05) is 52.0 Å². The van der Waals surface area contributed by atoms with Crippen LogP contribution in [-0.4, -0.2) is 15.7 Å². The van der Waals surface area contributed by atoms with Crippen molar-refractivity contribution in [3.8, 4) is 11.5 Å². The van der Waals surface area contributed by atoms with Crippen LogP contribution in [0.3, 0.4) is 0 Å². The highest BCUT2D eigenvalue weighted by molar-refractivity contribution is 6.02. The molecule has 1 N–H and O–H groups in total. The predicted octanol–water partition coefficient (Wildman–Crippen LogP) is 5.58. The second-order valence-corrected chi connectivity index (χ2v) is 8.14. The van der Waals surface area contributed by atoms with E-state index < -0.39 is 0 Å². The number of amides is 1. The van der Waals surface area contributed by atoms with Gasteiger partial charge in [-0.3, -0.25) is 4.79 Å². The second kappa shape index (κ2) is 9.65. The normalized spacial score (nSPS) is 10.8. The average Bonchev–Trinajstić information content (AvgIpc) is 3.40. The van der Waals surface area contributed by atoms with Crippen molar-refractivity contribution in [2.45, 2.75) is 41.0 Å². The molecular weight excluding hydrogens is 418 g/mol. The van der Waals surface area contributed by atoms with Crippen LogP contribution in [0.4, 0.5) is 5.69 Å². The van der Waals surface area contributed by atoms with Gasteiger partial charge in [-0.15, -0.1) is 0 Å². The molecule has 1 amide bonds. The minimum absolute atomic E-state index is 0.202. The first-order chi connectivity index (χ1) is 15.9. The van der Waals surface area contributed by atoms with Gasteiger partial charge in [0, 0.05) is 0 Å². The fraction of sp³-hybridized carbons (Fsp3) is 0.231. The number of furan rings is 1. The highest BCUT2D eigenvalue weighted by atomic mass is 16.5. The quantitative estimate of drug-likeness (QED) is 0.383. The number of carbonyl (C=O) groups excluding carboxylic acids is 1. The Bertz CT molecular complexity index is 1250. The molecule has 0 unspecified atom stereocenters. The number of benzene rings is 2. The number of hydrogen-bond acceptors (Lipinski definition) is 5. The van der Waals surface area contributed by atoms with Crippen molar-refractivity contribution in [3.63, 3.8) is 0 Å². The molecule has 0 radical (unpaired) electrons. The molecule has 7 heteroatoms. The summed E-state index contributed by atoms with van der Waals surface area (Å²) in [4.78, 5) is 12.5. The summed E-state index contributed by atoms with van der Waals surface area (Å²) in [6.07, 6.45) is 3.27. The summed E-state index contributed by atoms with van der Waals surface area (Å²) in [7, 11) is 0. The van der Waals surface area contributed by atoms with E-state index in [2.05, 4.69) is 22.5 Å². The van der Waals surface area contributed by atoms with E-state index in [-0.39, 0.29) is 25.0 Å². The van der Waals surface area contributed by atoms with Crippen LogP contribution in [0.2, 0.25) is 0 Å². The van der Waals surface area contributed by atoms with Crippen LogP contribution in [0.1, 0.15) is 38.6 Å². The predicted molar refractivity (Wildman–Crippen MR) is 126 cm³/mol. The van der Waals surface area contributed by atoms with Crippen LogP contribution >= 0.6 is 0 Å². The average molecular weight is 446 g/mol. The first kappa shape index (κ1) is 22.2. The standard InChI is InChI=1S/C26H27N3O4/c1-17-5-7-24(20(4)10-17)32-16-29-14-21(13-27-29)28-26(30)25-8-6-22(33-25)15-31-23-11-18(2)9-19(3)12-23/h5-14H,15-16H2,1-4H3,(H,28,30). The van der Waals surface area contributed by atoms with E-state index in [0.29, 0.717) is 11.4 Å². The van der Waals surface area contributed by atoms with Crippen LogP contribution in [0.5, 0.6) is 11.5 Å². The monoisotopic (exact) mass is 445 g/mol. The molecule has 0 aliphatic carbocycles. The molecular formula is C26H27N3O4. The van der Waals surface area contributed by atoms with Crippen LogP contribution in [0.25, 0.3) is 0 Å². The highest BCUT2D eigenvalue weighted by Crippen LogP contribution is 2.20. The Balaban J connectivity index is 1.30. The van der Waals surface area contributed by atoms with Gasteiger partial charge in [-0.2, -0.15) is 5.10 Å². The molecule has 7 nitrogen and oxygen atoms in total. The molecule has 2 aromatic carbocycles. The minimum Gasteiger partial charge on any atom is -0.486 e. The molecule has 0 bridgehead atoms. The largest absolute Gasteiger partial charge is 0.486 e. The molecule has 2 heterocycles. The maximum Gasteiger partial charge on any atom is 0.291 e. The summed E-state index contributed by atoms with van der Waals surface area (Å²) < 4.78 is 18.9. The molecule has 4 rings (SSSR count). The number of aryl methyl sites for hydroxylation is 4. The Morgan fingerprint density at radius 1 is 0.970 bits per heavy atom. The second-order valence-electron chi connectivity index (χ2n) is 8.14. The number of anilines is 1.